The number of nitrogens with one attached hydrogen (secondary N) is 2. The molecule has 2 aromatic carbocycles. The van der Waals surface area contributed by atoms with Crippen molar-refractivity contribution < 1.29 is 19.1 Å². The predicted octanol–water partition coefficient (Wildman–Crippen LogP) is 3.66. The number of anilines is 3. The Hall–Kier alpha value is -3.94. The molecule has 29 heavy (non-hydrogen) atoms. The number of rotatable bonds is 7. The zero-order chi connectivity index (χ0) is 20.6. The van der Waals surface area contributed by atoms with Gasteiger partial charge in [0.15, 0.2) is 0 Å². The van der Waals surface area contributed by atoms with Gasteiger partial charge in [-0.3, -0.25) is 4.79 Å². The summed E-state index contributed by atoms with van der Waals surface area (Å²) in [5.41, 5.74) is 2.06. The normalized spacial score (nSPS) is 10.1. The van der Waals surface area contributed by atoms with Crippen molar-refractivity contribution in [1.29, 1.82) is 0 Å². The van der Waals surface area contributed by atoms with E-state index in [4.69, 9.17) is 9.47 Å². The van der Waals surface area contributed by atoms with Crippen LogP contribution >= 0.6 is 0 Å². The number of esters is 1. The molecule has 0 saturated carbocycles. The average molecular weight is 392 g/mol. The number of hydrogen-bond acceptors (Lipinski definition) is 7. The highest BCUT2D eigenvalue weighted by Crippen LogP contribution is 2.18. The highest BCUT2D eigenvalue weighted by Gasteiger charge is 2.10. The van der Waals surface area contributed by atoms with Crippen LogP contribution in [-0.2, 0) is 4.74 Å². The summed E-state index contributed by atoms with van der Waals surface area (Å²) in [6.45, 7) is 2.05. The van der Waals surface area contributed by atoms with Gasteiger partial charge in [0.25, 0.3) is 5.91 Å². The topological polar surface area (TPSA) is 102 Å². The lowest BCUT2D eigenvalue weighted by atomic mass is 10.2. The lowest BCUT2D eigenvalue weighted by Gasteiger charge is -2.08. The number of nitrogens with zero attached hydrogens (tertiary/aromatic N) is 2. The molecule has 3 aromatic rings. The summed E-state index contributed by atoms with van der Waals surface area (Å²) in [6.07, 6.45) is 2.86. The third-order valence-electron chi connectivity index (χ3n) is 3.91. The van der Waals surface area contributed by atoms with Crippen molar-refractivity contribution in [3.63, 3.8) is 0 Å². The molecule has 0 atom stereocenters. The van der Waals surface area contributed by atoms with Crippen molar-refractivity contribution in [2.45, 2.75) is 6.92 Å². The van der Waals surface area contributed by atoms with Crippen molar-refractivity contribution in [3.05, 3.63) is 72.1 Å². The van der Waals surface area contributed by atoms with Crippen molar-refractivity contribution in [1.82, 2.24) is 9.97 Å². The van der Waals surface area contributed by atoms with Crippen LogP contribution in [0.15, 0.2) is 60.9 Å². The molecule has 0 aliphatic rings. The van der Waals surface area contributed by atoms with Crippen LogP contribution in [0.5, 0.6) is 5.75 Å². The molecule has 1 amide bonds. The van der Waals surface area contributed by atoms with Crippen molar-refractivity contribution in [2.75, 3.05) is 24.4 Å². The van der Waals surface area contributed by atoms with E-state index in [0.29, 0.717) is 29.4 Å². The van der Waals surface area contributed by atoms with Crippen LogP contribution in [0.4, 0.5) is 17.3 Å². The molecule has 1 aromatic heterocycles. The summed E-state index contributed by atoms with van der Waals surface area (Å²) in [4.78, 5) is 32.3. The van der Waals surface area contributed by atoms with Crippen LogP contribution in [0.2, 0.25) is 0 Å². The van der Waals surface area contributed by atoms with Gasteiger partial charge in [0.05, 0.1) is 24.8 Å². The Morgan fingerprint density at radius 3 is 2.10 bits per heavy atom. The SMILES string of the molecule is CCOC(=O)c1ccc(NC(=O)c2cnc(Nc3ccc(OC)cc3)nc2)cc1. The van der Waals surface area contributed by atoms with Gasteiger partial charge < -0.3 is 20.1 Å². The van der Waals surface area contributed by atoms with Crippen molar-refractivity contribution >= 4 is 29.2 Å². The highest BCUT2D eigenvalue weighted by atomic mass is 16.5. The van der Waals surface area contributed by atoms with E-state index in [1.165, 1.54) is 12.4 Å². The number of ether oxygens (including phenoxy) is 2. The average Bonchev–Trinajstić information content (AvgIpc) is 2.75. The van der Waals surface area contributed by atoms with Gasteiger partial charge in [-0.25, -0.2) is 14.8 Å². The molecule has 3 rings (SSSR count). The Morgan fingerprint density at radius 2 is 1.52 bits per heavy atom. The quantitative estimate of drug-likeness (QED) is 0.592. The molecular weight excluding hydrogens is 372 g/mol. The number of aromatic nitrogens is 2. The van der Waals surface area contributed by atoms with E-state index in [2.05, 4.69) is 20.6 Å². The van der Waals surface area contributed by atoms with Gasteiger partial charge in [-0.15, -0.1) is 0 Å². The zero-order valence-electron chi connectivity index (χ0n) is 16.0. The summed E-state index contributed by atoms with van der Waals surface area (Å²) in [5.74, 6) is 0.355. The fourth-order valence-corrected chi connectivity index (χ4v) is 2.42. The van der Waals surface area contributed by atoms with E-state index in [9.17, 15) is 9.59 Å². The van der Waals surface area contributed by atoms with Crippen LogP contribution in [0.3, 0.4) is 0 Å². The second-order valence-corrected chi connectivity index (χ2v) is 5.90. The van der Waals surface area contributed by atoms with Crippen LogP contribution in [0.1, 0.15) is 27.6 Å². The van der Waals surface area contributed by atoms with Gasteiger partial charge in [-0.2, -0.15) is 0 Å². The van der Waals surface area contributed by atoms with E-state index in [1.54, 1.807) is 38.3 Å². The molecule has 0 aliphatic heterocycles. The minimum atomic E-state index is -0.404. The zero-order valence-corrected chi connectivity index (χ0v) is 16.0. The maximum atomic E-state index is 12.4. The van der Waals surface area contributed by atoms with Crippen molar-refractivity contribution in [3.8, 4) is 5.75 Å². The first-order valence-corrected chi connectivity index (χ1v) is 8.90. The van der Waals surface area contributed by atoms with Gasteiger partial charge >= 0.3 is 5.97 Å². The third kappa shape index (κ3) is 5.29. The smallest absolute Gasteiger partial charge is 0.338 e. The van der Waals surface area contributed by atoms with Gasteiger partial charge in [-0.1, -0.05) is 0 Å². The first kappa shape index (κ1) is 19.8. The molecule has 0 bridgehead atoms. The fourth-order valence-electron chi connectivity index (χ4n) is 2.42. The predicted molar refractivity (Wildman–Crippen MR) is 109 cm³/mol. The summed E-state index contributed by atoms with van der Waals surface area (Å²) >= 11 is 0. The monoisotopic (exact) mass is 392 g/mol. The maximum Gasteiger partial charge on any atom is 0.338 e. The second kappa shape index (κ2) is 9.32. The standard InChI is InChI=1S/C21H20N4O4/c1-3-29-20(27)14-4-6-16(7-5-14)24-19(26)15-12-22-21(23-13-15)25-17-8-10-18(28-2)11-9-17/h4-13H,3H2,1-2H3,(H,24,26)(H,22,23,25). The number of amides is 1. The Morgan fingerprint density at radius 1 is 0.897 bits per heavy atom. The summed E-state index contributed by atoms with van der Waals surface area (Å²) in [6, 6.07) is 13.7. The van der Waals surface area contributed by atoms with Gasteiger partial charge in [0.1, 0.15) is 5.75 Å². The largest absolute Gasteiger partial charge is 0.497 e. The first-order valence-electron chi connectivity index (χ1n) is 8.90. The number of methoxy groups -OCH3 is 1. The Bertz CT molecular complexity index is 971. The lowest BCUT2D eigenvalue weighted by Crippen LogP contribution is -2.13. The molecular formula is C21H20N4O4. The van der Waals surface area contributed by atoms with E-state index >= 15 is 0 Å². The Balaban J connectivity index is 1.60. The van der Waals surface area contributed by atoms with E-state index < -0.39 is 5.97 Å². The Labute approximate surface area is 167 Å². The van der Waals surface area contributed by atoms with E-state index in [1.807, 2.05) is 24.3 Å². The minimum Gasteiger partial charge on any atom is -0.497 e. The number of carbonyl (C=O) groups is 2. The van der Waals surface area contributed by atoms with Crippen LogP contribution < -0.4 is 15.4 Å². The molecule has 148 valence electrons. The lowest BCUT2D eigenvalue weighted by molar-refractivity contribution is 0.0526. The van der Waals surface area contributed by atoms with Crippen LogP contribution in [0.25, 0.3) is 0 Å². The summed E-state index contributed by atoms with van der Waals surface area (Å²) in [5, 5.41) is 5.78. The minimum absolute atomic E-state index is 0.305. The molecule has 0 saturated heterocycles. The number of benzene rings is 2. The summed E-state index contributed by atoms with van der Waals surface area (Å²) < 4.78 is 10.0. The second-order valence-electron chi connectivity index (χ2n) is 5.90. The van der Waals surface area contributed by atoms with Gasteiger partial charge in [0.2, 0.25) is 5.95 Å². The fraction of sp³-hybridized carbons (Fsp3) is 0.143. The van der Waals surface area contributed by atoms with E-state index in [-0.39, 0.29) is 5.91 Å². The third-order valence-corrected chi connectivity index (χ3v) is 3.91. The summed E-state index contributed by atoms with van der Waals surface area (Å²) in [7, 11) is 1.60. The highest BCUT2D eigenvalue weighted by molar-refractivity contribution is 6.04. The van der Waals surface area contributed by atoms with Crippen LogP contribution in [-0.4, -0.2) is 35.6 Å². The van der Waals surface area contributed by atoms with Gasteiger partial charge in [-0.05, 0) is 55.5 Å². The molecule has 1 heterocycles. The molecule has 8 nitrogen and oxygen atoms in total. The molecule has 0 aliphatic carbocycles. The first-order chi connectivity index (χ1) is 14.1. The molecule has 2 N–H and O–H groups in total. The Kier molecular flexibility index (Phi) is 6.36. The van der Waals surface area contributed by atoms with Gasteiger partial charge in [0, 0.05) is 23.8 Å². The molecule has 0 spiro atoms. The van der Waals surface area contributed by atoms with Crippen molar-refractivity contribution in [2.24, 2.45) is 0 Å². The molecule has 0 radical (unpaired) electrons. The van der Waals surface area contributed by atoms with E-state index in [0.717, 1.165) is 11.4 Å². The maximum absolute atomic E-state index is 12.4. The molecule has 0 fully saturated rings. The molecule has 8 heteroatoms. The van der Waals surface area contributed by atoms with Crippen LogP contribution in [0, 0.1) is 0 Å². The number of carbonyl (C=O) groups excluding carboxylic acids is 2. The number of hydrogen-bond donors (Lipinski definition) is 2. The molecule has 0 unspecified atom stereocenters.